The monoisotopic (exact) mass is 290 g/mol. The Morgan fingerprint density at radius 3 is 2.90 bits per heavy atom. The third-order valence-corrected chi connectivity index (χ3v) is 4.23. The van der Waals surface area contributed by atoms with Gasteiger partial charge in [-0.25, -0.2) is 4.98 Å². The normalized spacial score (nSPS) is 10.8. The van der Waals surface area contributed by atoms with Crippen molar-refractivity contribution < 1.29 is 4.74 Å². The smallest absolute Gasteiger partial charge is 0.119 e. The van der Waals surface area contributed by atoms with Crippen LogP contribution in [0.25, 0.3) is 0 Å². The Morgan fingerprint density at radius 1 is 1.35 bits per heavy atom. The summed E-state index contributed by atoms with van der Waals surface area (Å²) in [7, 11) is 3.68. The summed E-state index contributed by atoms with van der Waals surface area (Å²) in [6, 6.07) is 8.21. The van der Waals surface area contributed by atoms with E-state index in [1.54, 1.807) is 7.11 Å². The molecule has 1 aromatic carbocycles. The van der Waals surface area contributed by atoms with E-state index in [1.807, 2.05) is 30.5 Å². The summed E-state index contributed by atoms with van der Waals surface area (Å²) in [5.41, 5.74) is 2.50. The molecule has 0 unspecified atom stereocenters. The zero-order valence-corrected chi connectivity index (χ0v) is 13.2. The van der Waals surface area contributed by atoms with Crippen LogP contribution in [0, 0.1) is 0 Å². The zero-order chi connectivity index (χ0) is 14.4. The molecule has 1 heterocycles. The molecule has 3 nitrogen and oxygen atoms in total. The average molecular weight is 290 g/mol. The summed E-state index contributed by atoms with van der Waals surface area (Å²) in [6.45, 7) is 3.11. The van der Waals surface area contributed by atoms with Crippen molar-refractivity contribution in [3.05, 3.63) is 45.4 Å². The molecule has 0 radical (unpaired) electrons. The van der Waals surface area contributed by atoms with Crippen molar-refractivity contribution in [3.63, 3.8) is 0 Å². The van der Waals surface area contributed by atoms with E-state index in [1.165, 1.54) is 21.1 Å². The van der Waals surface area contributed by atoms with Gasteiger partial charge in [-0.2, -0.15) is 0 Å². The second kappa shape index (κ2) is 7.41. The molecule has 1 N–H and O–H groups in total. The molecule has 0 bridgehead atoms. The molecule has 0 atom stereocenters. The number of thiazole rings is 1. The standard InChI is InChI=1S/C16H22N2OS/c1-4-6-14-15(11-17-2)20-16(18-14)10-12-7-5-8-13(9-12)19-3/h5,7-9,17H,4,6,10-11H2,1-3H3. The van der Waals surface area contributed by atoms with Crippen molar-refractivity contribution in [2.75, 3.05) is 14.2 Å². The van der Waals surface area contributed by atoms with Gasteiger partial charge in [0, 0.05) is 17.8 Å². The first kappa shape index (κ1) is 15.0. The van der Waals surface area contributed by atoms with Gasteiger partial charge in [-0.1, -0.05) is 25.5 Å². The second-order valence-corrected chi connectivity index (χ2v) is 5.95. The Kier molecular flexibility index (Phi) is 5.56. The number of nitrogens with zero attached hydrogens (tertiary/aromatic N) is 1. The van der Waals surface area contributed by atoms with Gasteiger partial charge >= 0.3 is 0 Å². The molecule has 20 heavy (non-hydrogen) atoms. The first-order chi connectivity index (χ1) is 9.76. The number of aryl methyl sites for hydroxylation is 1. The molecule has 0 aliphatic carbocycles. The van der Waals surface area contributed by atoms with E-state index < -0.39 is 0 Å². The minimum Gasteiger partial charge on any atom is -0.497 e. The number of methoxy groups -OCH3 is 1. The molecule has 0 aliphatic rings. The Hall–Kier alpha value is -1.39. The number of hydrogen-bond donors (Lipinski definition) is 1. The third-order valence-electron chi connectivity index (χ3n) is 3.14. The van der Waals surface area contributed by atoms with Crippen LogP contribution < -0.4 is 10.1 Å². The van der Waals surface area contributed by atoms with Crippen LogP contribution in [-0.4, -0.2) is 19.1 Å². The highest BCUT2D eigenvalue weighted by Crippen LogP contribution is 2.23. The summed E-state index contributed by atoms with van der Waals surface area (Å²) in [5.74, 6) is 0.906. The van der Waals surface area contributed by atoms with Gasteiger partial charge in [0.25, 0.3) is 0 Å². The Balaban J connectivity index is 2.17. The molecule has 1 aromatic heterocycles. The van der Waals surface area contributed by atoms with E-state index in [4.69, 9.17) is 9.72 Å². The van der Waals surface area contributed by atoms with Gasteiger partial charge in [0.2, 0.25) is 0 Å². The lowest BCUT2D eigenvalue weighted by Crippen LogP contribution is -2.05. The summed E-state index contributed by atoms with van der Waals surface area (Å²) in [5, 5.41) is 4.42. The maximum absolute atomic E-state index is 5.27. The van der Waals surface area contributed by atoms with Crippen molar-refractivity contribution >= 4 is 11.3 Å². The van der Waals surface area contributed by atoms with Gasteiger partial charge in [-0.15, -0.1) is 11.3 Å². The summed E-state index contributed by atoms with van der Waals surface area (Å²) in [4.78, 5) is 6.17. The highest BCUT2D eigenvalue weighted by molar-refractivity contribution is 7.11. The minimum absolute atomic E-state index is 0.877. The number of aromatic nitrogens is 1. The number of ether oxygens (including phenoxy) is 1. The minimum atomic E-state index is 0.877. The molecule has 2 aromatic rings. The van der Waals surface area contributed by atoms with Crippen molar-refractivity contribution in [2.45, 2.75) is 32.7 Å². The SMILES string of the molecule is CCCc1nc(Cc2cccc(OC)c2)sc1CNC. The molecule has 0 aliphatic heterocycles. The fourth-order valence-corrected chi connectivity index (χ4v) is 3.36. The lowest BCUT2D eigenvalue weighted by molar-refractivity contribution is 0.414. The fraction of sp³-hybridized carbons (Fsp3) is 0.438. The molecule has 0 amide bonds. The van der Waals surface area contributed by atoms with E-state index in [0.29, 0.717) is 0 Å². The Bertz CT molecular complexity index is 528. The van der Waals surface area contributed by atoms with E-state index in [-0.39, 0.29) is 0 Å². The van der Waals surface area contributed by atoms with Crippen molar-refractivity contribution in [3.8, 4) is 5.75 Å². The van der Waals surface area contributed by atoms with Crippen molar-refractivity contribution in [1.82, 2.24) is 10.3 Å². The van der Waals surface area contributed by atoms with Crippen molar-refractivity contribution in [1.29, 1.82) is 0 Å². The number of benzene rings is 1. The maximum atomic E-state index is 5.27. The van der Waals surface area contributed by atoms with Crippen LogP contribution in [-0.2, 0) is 19.4 Å². The van der Waals surface area contributed by atoms with Crippen LogP contribution in [0.5, 0.6) is 5.75 Å². The average Bonchev–Trinajstić information content (AvgIpc) is 2.82. The number of hydrogen-bond acceptors (Lipinski definition) is 4. The lowest BCUT2D eigenvalue weighted by atomic mass is 10.1. The van der Waals surface area contributed by atoms with Crippen LogP contribution in [0.15, 0.2) is 24.3 Å². The van der Waals surface area contributed by atoms with Gasteiger partial charge in [0.15, 0.2) is 0 Å². The topological polar surface area (TPSA) is 34.1 Å². The summed E-state index contributed by atoms with van der Waals surface area (Å²) < 4.78 is 5.27. The molecule has 108 valence electrons. The quantitative estimate of drug-likeness (QED) is 0.848. The molecular formula is C16H22N2OS. The third kappa shape index (κ3) is 3.81. The van der Waals surface area contributed by atoms with Gasteiger partial charge in [0.1, 0.15) is 5.75 Å². The molecule has 0 saturated heterocycles. The fourth-order valence-electron chi connectivity index (χ4n) is 2.20. The van der Waals surface area contributed by atoms with Crippen molar-refractivity contribution in [2.24, 2.45) is 0 Å². The Morgan fingerprint density at radius 2 is 2.20 bits per heavy atom. The second-order valence-electron chi connectivity index (χ2n) is 4.79. The first-order valence-electron chi connectivity index (χ1n) is 7.01. The van der Waals surface area contributed by atoms with Crippen LogP contribution in [0.3, 0.4) is 0 Å². The van der Waals surface area contributed by atoms with Crippen LogP contribution >= 0.6 is 11.3 Å². The zero-order valence-electron chi connectivity index (χ0n) is 12.4. The Labute approximate surface area is 125 Å². The van der Waals surface area contributed by atoms with Gasteiger partial charge in [-0.3, -0.25) is 0 Å². The van der Waals surface area contributed by atoms with E-state index in [9.17, 15) is 0 Å². The van der Waals surface area contributed by atoms with E-state index in [2.05, 4.69) is 24.4 Å². The van der Waals surface area contributed by atoms with E-state index >= 15 is 0 Å². The summed E-state index contributed by atoms with van der Waals surface area (Å²) in [6.07, 6.45) is 3.08. The van der Waals surface area contributed by atoms with Gasteiger partial charge in [-0.05, 0) is 31.2 Å². The molecule has 0 saturated carbocycles. The highest BCUT2D eigenvalue weighted by atomic mass is 32.1. The van der Waals surface area contributed by atoms with E-state index in [0.717, 1.165) is 31.6 Å². The van der Waals surface area contributed by atoms with Gasteiger partial charge in [0.05, 0.1) is 17.8 Å². The summed E-state index contributed by atoms with van der Waals surface area (Å²) >= 11 is 1.82. The highest BCUT2D eigenvalue weighted by Gasteiger charge is 2.10. The lowest BCUT2D eigenvalue weighted by Gasteiger charge is -2.02. The molecular weight excluding hydrogens is 268 g/mol. The molecule has 0 spiro atoms. The predicted molar refractivity (Wildman–Crippen MR) is 84.7 cm³/mol. The molecule has 4 heteroatoms. The number of rotatable bonds is 7. The first-order valence-corrected chi connectivity index (χ1v) is 7.83. The van der Waals surface area contributed by atoms with Crippen LogP contribution in [0.4, 0.5) is 0 Å². The molecule has 2 rings (SSSR count). The largest absolute Gasteiger partial charge is 0.497 e. The van der Waals surface area contributed by atoms with Crippen LogP contribution in [0.2, 0.25) is 0 Å². The predicted octanol–water partition coefficient (Wildman–Crippen LogP) is 3.41. The van der Waals surface area contributed by atoms with Crippen LogP contribution in [0.1, 0.15) is 34.5 Å². The maximum Gasteiger partial charge on any atom is 0.119 e. The number of nitrogens with one attached hydrogen (secondary N) is 1. The van der Waals surface area contributed by atoms with Gasteiger partial charge < -0.3 is 10.1 Å². The molecule has 0 fully saturated rings.